The molecule has 0 unspecified atom stereocenters. The fourth-order valence-corrected chi connectivity index (χ4v) is 4.76. The molecule has 2 aliphatic carbocycles. The highest BCUT2D eigenvalue weighted by Gasteiger charge is 2.61. The third kappa shape index (κ3) is 2.35. The first-order valence-corrected chi connectivity index (χ1v) is 8.72. The summed E-state index contributed by atoms with van der Waals surface area (Å²) in [6.07, 6.45) is 5.80. The third-order valence-electron chi connectivity index (χ3n) is 6.08. The number of amides is 1. The zero-order valence-electron chi connectivity index (χ0n) is 13.3. The number of likely N-dealkylation sites (tertiary alicyclic amines) is 1. The smallest absolute Gasteiger partial charge is 0.308 e. The highest BCUT2D eigenvalue weighted by Crippen LogP contribution is 2.60. The average Bonchev–Trinajstić information content (AvgIpc) is 3.29. The van der Waals surface area contributed by atoms with Crippen LogP contribution in [0.5, 0.6) is 0 Å². The van der Waals surface area contributed by atoms with E-state index in [1.165, 1.54) is 11.1 Å². The molecule has 1 saturated carbocycles. The molecule has 4 rings (SSSR count). The number of carboxylic acid groups (broad SMARTS) is 1. The Bertz CT molecular complexity index is 656. The van der Waals surface area contributed by atoms with Crippen molar-refractivity contribution >= 4 is 11.9 Å². The van der Waals surface area contributed by atoms with Crippen LogP contribution in [0.3, 0.4) is 0 Å². The van der Waals surface area contributed by atoms with E-state index in [2.05, 4.69) is 24.3 Å². The topological polar surface area (TPSA) is 57.6 Å². The van der Waals surface area contributed by atoms with Crippen molar-refractivity contribution < 1.29 is 14.7 Å². The van der Waals surface area contributed by atoms with Gasteiger partial charge in [0.2, 0.25) is 5.91 Å². The molecule has 0 aromatic heterocycles. The second-order valence-corrected chi connectivity index (χ2v) is 7.39. The number of carbonyl (C=O) groups is 2. The summed E-state index contributed by atoms with van der Waals surface area (Å²) in [5.41, 5.74) is 2.81. The molecular formula is C19H23NO3. The monoisotopic (exact) mass is 313 g/mol. The molecule has 0 bridgehead atoms. The van der Waals surface area contributed by atoms with Gasteiger partial charge in [0.1, 0.15) is 0 Å². The maximum Gasteiger partial charge on any atom is 0.308 e. The van der Waals surface area contributed by atoms with Crippen LogP contribution in [0.1, 0.15) is 43.2 Å². The molecule has 1 amide bonds. The molecule has 3 atom stereocenters. The van der Waals surface area contributed by atoms with Crippen molar-refractivity contribution in [3.05, 3.63) is 35.4 Å². The third-order valence-corrected chi connectivity index (χ3v) is 6.08. The number of aliphatic carboxylic acids is 1. The largest absolute Gasteiger partial charge is 0.481 e. The van der Waals surface area contributed by atoms with Crippen molar-refractivity contribution in [2.75, 3.05) is 13.1 Å². The quantitative estimate of drug-likeness (QED) is 0.913. The van der Waals surface area contributed by atoms with Crippen LogP contribution in [0.15, 0.2) is 24.3 Å². The Morgan fingerprint density at radius 3 is 2.87 bits per heavy atom. The van der Waals surface area contributed by atoms with E-state index in [9.17, 15) is 14.7 Å². The summed E-state index contributed by atoms with van der Waals surface area (Å²) in [4.78, 5) is 26.0. The van der Waals surface area contributed by atoms with E-state index in [-0.39, 0.29) is 23.2 Å². The summed E-state index contributed by atoms with van der Waals surface area (Å²) < 4.78 is 0. The number of hydrogen-bond acceptors (Lipinski definition) is 2. The number of carbonyl (C=O) groups excluding carboxylic acids is 1. The number of hydrogen-bond donors (Lipinski definition) is 1. The first kappa shape index (κ1) is 14.7. The lowest BCUT2D eigenvalue weighted by atomic mass is 9.78. The molecule has 1 saturated heterocycles. The standard InChI is InChI=1S/C19H23NO3/c21-17(20-10-4-7-14(12-20)18(22)23)16-11-19(16)9-3-6-13-5-1-2-8-15(13)19/h1-2,5,8,14,16H,3-4,6-7,9-12H2,(H,22,23)/t14-,16+,19-/m0/s1. The van der Waals surface area contributed by atoms with Gasteiger partial charge >= 0.3 is 5.97 Å². The Morgan fingerprint density at radius 1 is 1.22 bits per heavy atom. The molecule has 23 heavy (non-hydrogen) atoms. The van der Waals surface area contributed by atoms with Crippen molar-refractivity contribution in [3.8, 4) is 0 Å². The minimum Gasteiger partial charge on any atom is -0.481 e. The minimum atomic E-state index is -0.768. The van der Waals surface area contributed by atoms with Gasteiger partial charge in [-0.1, -0.05) is 24.3 Å². The zero-order chi connectivity index (χ0) is 16.0. The van der Waals surface area contributed by atoms with Gasteiger partial charge < -0.3 is 10.0 Å². The van der Waals surface area contributed by atoms with Crippen LogP contribution in [0.2, 0.25) is 0 Å². The van der Waals surface area contributed by atoms with E-state index in [1.54, 1.807) is 0 Å². The lowest BCUT2D eigenvalue weighted by Crippen LogP contribution is -2.44. The first-order chi connectivity index (χ1) is 11.1. The van der Waals surface area contributed by atoms with Gasteiger partial charge in [0.05, 0.1) is 5.92 Å². The normalized spacial score (nSPS) is 32.4. The maximum absolute atomic E-state index is 12.9. The summed E-state index contributed by atoms with van der Waals surface area (Å²) in [6.45, 7) is 1.11. The summed E-state index contributed by atoms with van der Waals surface area (Å²) in [5.74, 6) is -0.902. The fraction of sp³-hybridized carbons (Fsp3) is 0.579. The lowest BCUT2D eigenvalue weighted by Gasteiger charge is -2.32. The van der Waals surface area contributed by atoms with Crippen molar-refractivity contribution in [2.45, 2.75) is 43.9 Å². The van der Waals surface area contributed by atoms with Gasteiger partial charge in [-0.3, -0.25) is 9.59 Å². The highest BCUT2D eigenvalue weighted by atomic mass is 16.4. The summed E-state index contributed by atoms with van der Waals surface area (Å²) in [6, 6.07) is 8.54. The Morgan fingerprint density at radius 2 is 2.04 bits per heavy atom. The Labute approximate surface area is 136 Å². The van der Waals surface area contributed by atoms with E-state index in [1.807, 2.05) is 4.90 Å². The number of aryl methyl sites for hydroxylation is 1. The molecule has 1 N–H and O–H groups in total. The minimum absolute atomic E-state index is 0.0437. The van der Waals surface area contributed by atoms with Crippen molar-refractivity contribution in [1.82, 2.24) is 4.90 Å². The highest BCUT2D eigenvalue weighted by molar-refractivity contribution is 5.85. The molecule has 4 nitrogen and oxygen atoms in total. The molecular weight excluding hydrogens is 290 g/mol. The predicted octanol–water partition coefficient (Wildman–Crippen LogP) is 2.60. The van der Waals surface area contributed by atoms with Crippen LogP contribution in [-0.2, 0) is 21.4 Å². The van der Waals surface area contributed by atoms with Crippen LogP contribution in [0.25, 0.3) is 0 Å². The Balaban J connectivity index is 1.53. The molecule has 3 aliphatic rings. The van der Waals surface area contributed by atoms with Crippen molar-refractivity contribution in [2.24, 2.45) is 11.8 Å². The summed E-state index contributed by atoms with van der Waals surface area (Å²) >= 11 is 0. The maximum atomic E-state index is 12.9. The number of carboxylic acids is 1. The number of fused-ring (bicyclic) bond motifs is 2. The molecule has 1 spiro atoms. The molecule has 1 aromatic rings. The lowest BCUT2D eigenvalue weighted by molar-refractivity contribution is -0.146. The van der Waals surface area contributed by atoms with Gasteiger partial charge in [-0.25, -0.2) is 0 Å². The number of nitrogens with zero attached hydrogens (tertiary/aromatic N) is 1. The second-order valence-electron chi connectivity index (χ2n) is 7.39. The molecule has 1 heterocycles. The van der Waals surface area contributed by atoms with E-state index < -0.39 is 5.97 Å². The van der Waals surface area contributed by atoms with E-state index in [0.717, 1.165) is 38.6 Å². The van der Waals surface area contributed by atoms with Gasteiger partial charge in [-0.05, 0) is 49.7 Å². The average molecular weight is 313 g/mol. The first-order valence-electron chi connectivity index (χ1n) is 8.72. The van der Waals surface area contributed by atoms with Gasteiger partial charge in [0.25, 0.3) is 0 Å². The van der Waals surface area contributed by atoms with Crippen LogP contribution >= 0.6 is 0 Å². The molecule has 4 heteroatoms. The number of piperidine rings is 1. The van der Waals surface area contributed by atoms with Crippen LogP contribution in [0, 0.1) is 11.8 Å². The van der Waals surface area contributed by atoms with E-state index in [4.69, 9.17) is 0 Å². The number of rotatable bonds is 2. The Hall–Kier alpha value is -1.84. The van der Waals surface area contributed by atoms with E-state index >= 15 is 0 Å². The molecule has 2 fully saturated rings. The van der Waals surface area contributed by atoms with Crippen molar-refractivity contribution in [1.29, 1.82) is 0 Å². The molecule has 1 aromatic carbocycles. The van der Waals surface area contributed by atoms with Gasteiger partial charge in [-0.2, -0.15) is 0 Å². The van der Waals surface area contributed by atoms with Crippen LogP contribution < -0.4 is 0 Å². The van der Waals surface area contributed by atoms with E-state index in [0.29, 0.717) is 13.0 Å². The van der Waals surface area contributed by atoms with Crippen molar-refractivity contribution in [3.63, 3.8) is 0 Å². The zero-order valence-corrected chi connectivity index (χ0v) is 13.3. The van der Waals surface area contributed by atoms with Gasteiger partial charge in [-0.15, -0.1) is 0 Å². The summed E-state index contributed by atoms with van der Waals surface area (Å²) in [7, 11) is 0. The van der Waals surface area contributed by atoms with Gasteiger partial charge in [0.15, 0.2) is 0 Å². The molecule has 1 aliphatic heterocycles. The summed E-state index contributed by atoms with van der Waals surface area (Å²) in [5, 5.41) is 9.23. The van der Waals surface area contributed by atoms with Gasteiger partial charge in [0, 0.05) is 24.4 Å². The number of benzene rings is 1. The Kier molecular flexibility index (Phi) is 3.43. The fourth-order valence-electron chi connectivity index (χ4n) is 4.76. The van der Waals surface area contributed by atoms with Crippen LogP contribution in [-0.4, -0.2) is 35.0 Å². The van der Waals surface area contributed by atoms with Crippen LogP contribution in [0.4, 0.5) is 0 Å². The molecule has 122 valence electrons. The second kappa shape index (κ2) is 5.36. The molecule has 0 radical (unpaired) electrons. The predicted molar refractivity (Wildman–Crippen MR) is 86.1 cm³/mol. The SMILES string of the molecule is O=C(O)[C@H]1CCCN(C(=O)[C@H]2C[C@]23CCCc2ccccc23)C1.